The molecule has 0 bridgehead atoms. The first-order valence-electron chi connectivity index (χ1n) is 11.3. The summed E-state index contributed by atoms with van der Waals surface area (Å²) in [5.41, 5.74) is 3.53. The number of hydrogen-bond donors (Lipinski definition) is 2. The average molecular weight is 421 g/mol. The highest BCUT2D eigenvalue weighted by atomic mass is 16.5. The number of H-pyrrole nitrogens is 1. The molecule has 3 aromatic rings. The van der Waals surface area contributed by atoms with Crippen LogP contribution >= 0.6 is 0 Å². The predicted octanol–water partition coefficient (Wildman–Crippen LogP) is 5.86. The van der Waals surface area contributed by atoms with Gasteiger partial charge in [-0.15, -0.1) is 0 Å². The Balaban J connectivity index is 1.98. The second kappa shape index (κ2) is 10.8. The van der Waals surface area contributed by atoms with Crippen molar-refractivity contribution in [3.63, 3.8) is 0 Å². The molecule has 1 heterocycles. The highest BCUT2D eigenvalue weighted by Gasteiger charge is 2.17. The van der Waals surface area contributed by atoms with Crippen LogP contribution in [-0.2, 0) is 12.8 Å². The monoisotopic (exact) mass is 420 g/mol. The van der Waals surface area contributed by atoms with Crippen molar-refractivity contribution in [2.24, 2.45) is 0 Å². The molecule has 0 aliphatic carbocycles. The molecule has 0 aliphatic heterocycles. The first-order chi connectivity index (χ1) is 15.1. The molecular formula is C26H32N2O3. The van der Waals surface area contributed by atoms with Crippen molar-refractivity contribution in [1.29, 1.82) is 0 Å². The van der Waals surface area contributed by atoms with E-state index in [4.69, 9.17) is 4.74 Å². The van der Waals surface area contributed by atoms with Gasteiger partial charge in [0.15, 0.2) is 0 Å². The number of nitrogens with one attached hydrogen (secondary N) is 2. The fourth-order valence-corrected chi connectivity index (χ4v) is 3.74. The number of hydrogen-bond acceptors (Lipinski definition) is 3. The summed E-state index contributed by atoms with van der Waals surface area (Å²) in [4.78, 5) is 29.0. The minimum atomic E-state index is -0.409. The topological polar surface area (TPSA) is 71.2 Å². The van der Waals surface area contributed by atoms with Crippen molar-refractivity contribution in [2.75, 3.05) is 11.9 Å². The average Bonchev–Trinajstić information content (AvgIpc) is 2.78. The third kappa shape index (κ3) is 5.35. The van der Waals surface area contributed by atoms with Gasteiger partial charge < -0.3 is 15.0 Å². The van der Waals surface area contributed by atoms with Crippen LogP contribution in [0.1, 0.15) is 67.9 Å². The molecule has 0 radical (unpaired) electrons. The normalized spacial score (nSPS) is 10.9. The van der Waals surface area contributed by atoms with Crippen LogP contribution in [0.5, 0.6) is 5.75 Å². The second-order valence-electron chi connectivity index (χ2n) is 7.79. The number of para-hydroxylation sites is 1. The van der Waals surface area contributed by atoms with E-state index < -0.39 is 5.91 Å². The van der Waals surface area contributed by atoms with Crippen molar-refractivity contribution < 1.29 is 9.53 Å². The molecule has 2 aromatic carbocycles. The lowest BCUT2D eigenvalue weighted by Gasteiger charge is -2.17. The third-order valence-corrected chi connectivity index (χ3v) is 5.47. The van der Waals surface area contributed by atoms with Gasteiger partial charge in [-0.05, 0) is 55.9 Å². The van der Waals surface area contributed by atoms with Crippen LogP contribution in [0.3, 0.4) is 0 Å². The maximum absolute atomic E-state index is 13.1. The highest BCUT2D eigenvalue weighted by Crippen LogP contribution is 2.30. The molecule has 1 aromatic heterocycles. The third-order valence-electron chi connectivity index (χ3n) is 5.47. The molecule has 5 heteroatoms. The molecule has 164 valence electrons. The number of unbranched alkanes of at least 4 members (excludes halogenated alkanes) is 2. The number of anilines is 1. The fraction of sp³-hybridized carbons (Fsp3) is 0.385. The molecule has 0 fully saturated rings. The summed E-state index contributed by atoms with van der Waals surface area (Å²) >= 11 is 0. The molecule has 31 heavy (non-hydrogen) atoms. The van der Waals surface area contributed by atoms with Crippen molar-refractivity contribution in [3.05, 3.63) is 69.5 Å². The van der Waals surface area contributed by atoms with E-state index in [1.165, 1.54) is 11.8 Å². The molecule has 0 spiro atoms. The summed E-state index contributed by atoms with van der Waals surface area (Å²) in [5.74, 6) is 0.396. The smallest absolute Gasteiger partial charge is 0.261 e. The molecule has 2 N–H and O–H groups in total. The Bertz CT molecular complexity index is 1100. The van der Waals surface area contributed by atoms with E-state index in [1.807, 2.05) is 25.1 Å². The van der Waals surface area contributed by atoms with Gasteiger partial charge in [0.25, 0.3) is 5.91 Å². The largest absolute Gasteiger partial charge is 0.494 e. The number of aryl methyl sites for hydroxylation is 2. The van der Waals surface area contributed by atoms with Gasteiger partial charge in [-0.25, -0.2) is 0 Å². The van der Waals surface area contributed by atoms with Gasteiger partial charge in [-0.3, -0.25) is 9.59 Å². The summed E-state index contributed by atoms with van der Waals surface area (Å²) in [7, 11) is 0. The number of carbonyl (C=O) groups is 1. The first-order valence-corrected chi connectivity index (χ1v) is 11.3. The van der Waals surface area contributed by atoms with Crippen LogP contribution in [0, 0.1) is 0 Å². The van der Waals surface area contributed by atoms with Crippen LogP contribution in [0.4, 0.5) is 5.69 Å². The van der Waals surface area contributed by atoms with Gasteiger partial charge in [-0.2, -0.15) is 0 Å². The van der Waals surface area contributed by atoms with Gasteiger partial charge in [0.2, 0.25) is 5.43 Å². The number of pyridine rings is 1. The van der Waals surface area contributed by atoms with Crippen LogP contribution in [0.15, 0.2) is 47.4 Å². The summed E-state index contributed by atoms with van der Waals surface area (Å²) in [6.45, 7) is 6.85. The SMILES string of the molecule is CCCCc1cc(CCCC)c(OCC)cc1NC(=O)c1c[nH]c2ccccc2c1=O. The molecule has 0 saturated carbocycles. The summed E-state index contributed by atoms with van der Waals surface area (Å²) < 4.78 is 5.88. The Morgan fingerprint density at radius 2 is 1.71 bits per heavy atom. The van der Waals surface area contributed by atoms with E-state index in [9.17, 15) is 9.59 Å². The van der Waals surface area contributed by atoms with E-state index in [2.05, 4.69) is 30.2 Å². The lowest BCUT2D eigenvalue weighted by molar-refractivity contribution is 0.102. The Kier molecular flexibility index (Phi) is 7.88. The molecule has 5 nitrogen and oxygen atoms in total. The molecule has 0 aliphatic rings. The second-order valence-corrected chi connectivity index (χ2v) is 7.79. The minimum absolute atomic E-state index is 0.105. The van der Waals surface area contributed by atoms with Crippen LogP contribution in [0.2, 0.25) is 0 Å². The van der Waals surface area contributed by atoms with Crippen LogP contribution < -0.4 is 15.5 Å². The van der Waals surface area contributed by atoms with Crippen molar-refractivity contribution in [1.82, 2.24) is 4.98 Å². The number of amides is 1. The Morgan fingerprint density at radius 1 is 1.00 bits per heavy atom. The minimum Gasteiger partial charge on any atom is -0.494 e. The maximum atomic E-state index is 13.1. The van der Waals surface area contributed by atoms with Crippen molar-refractivity contribution >= 4 is 22.5 Å². The molecule has 0 atom stereocenters. The number of carbonyl (C=O) groups excluding carboxylic acids is 1. The standard InChI is InChI=1S/C26H32N2O3/c1-4-7-11-18-15-19(12-8-5-2)24(31-6-3)16-23(18)28-26(30)21-17-27-22-14-10-9-13-20(22)25(21)29/h9-10,13-17H,4-8,11-12H2,1-3H3,(H,27,29)(H,28,30). The Hall–Kier alpha value is -3.08. The quantitative estimate of drug-likeness (QED) is 0.431. The summed E-state index contributed by atoms with van der Waals surface area (Å²) in [5, 5.41) is 3.49. The van der Waals surface area contributed by atoms with E-state index in [0.29, 0.717) is 17.5 Å². The van der Waals surface area contributed by atoms with E-state index >= 15 is 0 Å². The number of benzene rings is 2. The van der Waals surface area contributed by atoms with Gasteiger partial charge in [0, 0.05) is 28.9 Å². The molecule has 3 rings (SSSR count). The number of fused-ring (bicyclic) bond motifs is 1. The number of aromatic amines is 1. The zero-order chi connectivity index (χ0) is 22.2. The van der Waals surface area contributed by atoms with Crippen molar-refractivity contribution in [2.45, 2.75) is 59.3 Å². The lowest BCUT2D eigenvalue weighted by Crippen LogP contribution is -2.22. The van der Waals surface area contributed by atoms with Gasteiger partial charge in [-0.1, -0.05) is 44.9 Å². The molecule has 0 saturated heterocycles. The Labute approximate surface area is 183 Å². The number of aromatic nitrogens is 1. The van der Waals surface area contributed by atoms with Crippen LogP contribution in [0.25, 0.3) is 10.9 Å². The van der Waals surface area contributed by atoms with E-state index in [0.717, 1.165) is 55.5 Å². The summed E-state index contributed by atoms with van der Waals surface area (Å²) in [6.07, 6.45) is 7.60. The molecule has 1 amide bonds. The van der Waals surface area contributed by atoms with Gasteiger partial charge >= 0.3 is 0 Å². The molecular weight excluding hydrogens is 388 g/mol. The zero-order valence-corrected chi connectivity index (χ0v) is 18.7. The fourth-order valence-electron chi connectivity index (χ4n) is 3.74. The van der Waals surface area contributed by atoms with Crippen molar-refractivity contribution in [3.8, 4) is 5.75 Å². The maximum Gasteiger partial charge on any atom is 0.261 e. The summed E-state index contributed by atoms with van der Waals surface area (Å²) in [6, 6.07) is 11.3. The lowest BCUT2D eigenvalue weighted by atomic mass is 9.98. The number of rotatable bonds is 10. The van der Waals surface area contributed by atoms with Crippen LogP contribution in [-0.4, -0.2) is 17.5 Å². The molecule has 0 unspecified atom stereocenters. The van der Waals surface area contributed by atoms with E-state index in [1.54, 1.807) is 12.1 Å². The first kappa shape index (κ1) is 22.6. The highest BCUT2D eigenvalue weighted by molar-refractivity contribution is 6.06. The number of ether oxygens (including phenoxy) is 1. The van der Waals surface area contributed by atoms with Gasteiger partial charge in [0.05, 0.1) is 6.61 Å². The predicted molar refractivity (Wildman–Crippen MR) is 127 cm³/mol. The Morgan fingerprint density at radius 3 is 2.42 bits per heavy atom. The van der Waals surface area contributed by atoms with E-state index in [-0.39, 0.29) is 11.0 Å². The zero-order valence-electron chi connectivity index (χ0n) is 18.7. The van der Waals surface area contributed by atoms with Gasteiger partial charge in [0.1, 0.15) is 11.3 Å².